The molecule has 1 aromatic heterocycles. The molecule has 4 N–H and O–H groups in total. The number of amides is 1. The van der Waals surface area contributed by atoms with Crippen LogP contribution in [0.2, 0.25) is 0 Å². The number of carbonyl (C=O) groups excluding carboxylic acids is 2. The normalized spacial score (nSPS) is 12.9. The van der Waals surface area contributed by atoms with E-state index in [1.54, 1.807) is 0 Å². The fourth-order valence-electron chi connectivity index (χ4n) is 2.67. The summed E-state index contributed by atoms with van der Waals surface area (Å²) in [6.07, 6.45) is 0.891. The lowest BCUT2D eigenvalue weighted by molar-refractivity contribution is -0.139. The third-order valence-electron chi connectivity index (χ3n) is 4.01. The van der Waals surface area contributed by atoms with Crippen LogP contribution >= 0.6 is 11.3 Å². The fourth-order valence-corrected chi connectivity index (χ4v) is 3.76. The van der Waals surface area contributed by atoms with Crippen molar-refractivity contribution in [2.75, 3.05) is 19.7 Å². The maximum absolute atomic E-state index is 12.3. The average Bonchev–Trinajstić information content (AvgIpc) is 3.09. The number of ketones is 1. The number of aliphatic carboxylic acids is 1. The Morgan fingerprint density at radius 3 is 2.78 bits per heavy atom. The topological polar surface area (TPSA) is 125 Å². The monoisotopic (exact) mass is 390 g/mol. The molecule has 0 atom stereocenters. The molecule has 9 heteroatoms. The number of fused-ring (bicyclic) bond motifs is 1. The van der Waals surface area contributed by atoms with Crippen LogP contribution in [-0.4, -0.2) is 47.6 Å². The van der Waals surface area contributed by atoms with Crippen LogP contribution in [0.1, 0.15) is 30.5 Å². The van der Waals surface area contributed by atoms with Gasteiger partial charge in [0.2, 0.25) is 0 Å². The summed E-state index contributed by atoms with van der Waals surface area (Å²) >= 11 is 1.44. The number of nitrogens with one attached hydrogen (secondary N) is 2. The zero-order valence-corrected chi connectivity index (χ0v) is 15.1. The first-order valence-electron chi connectivity index (χ1n) is 8.25. The molecule has 2 heterocycles. The molecule has 0 spiro atoms. The van der Waals surface area contributed by atoms with Gasteiger partial charge in [0.15, 0.2) is 23.9 Å². The number of benzene rings is 1. The lowest BCUT2D eigenvalue weighted by Gasteiger charge is -2.10. The molecule has 27 heavy (non-hydrogen) atoms. The van der Waals surface area contributed by atoms with Crippen molar-refractivity contribution in [3.05, 3.63) is 45.1 Å². The third kappa shape index (κ3) is 4.63. The van der Waals surface area contributed by atoms with Gasteiger partial charge in [0.1, 0.15) is 0 Å². The Morgan fingerprint density at radius 2 is 2.07 bits per heavy atom. The zero-order valence-electron chi connectivity index (χ0n) is 14.3. The van der Waals surface area contributed by atoms with E-state index in [0.29, 0.717) is 4.88 Å². The Bertz CT molecular complexity index is 868. The standard InChI is InChI=1S/C18H18N2O6S/c21-12-5-10(1-2-14(12)26-9-17(23)24)13(22)8-20-18(25)16-6-11-7-19-4-3-15(11)27-16/h1-2,5-6,19,21H,3-4,7-9H2,(H,20,25)(H,23,24). The molecule has 2 aromatic rings. The smallest absolute Gasteiger partial charge is 0.341 e. The number of Topliss-reactive ketones (excluding diaryl/α,β-unsaturated/α-hetero) is 1. The number of aromatic hydroxyl groups is 1. The van der Waals surface area contributed by atoms with E-state index in [9.17, 15) is 19.5 Å². The summed E-state index contributed by atoms with van der Waals surface area (Å²) in [7, 11) is 0. The van der Waals surface area contributed by atoms with E-state index in [0.717, 1.165) is 25.1 Å². The molecule has 1 amide bonds. The van der Waals surface area contributed by atoms with Crippen molar-refractivity contribution in [1.29, 1.82) is 0 Å². The second-order valence-corrected chi connectivity index (χ2v) is 7.09. The molecule has 0 bridgehead atoms. The van der Waals surface area contributed by atoms with Gasteiger partial charge < -0.3 is 25.6 Å². The van der Waals surface area contributed by atoms with Crippen molar-refractivity contribution in [3.63, 3.8) is 0 Å². The van der Waals surface area contributed by atoms with Crippen molar-refractivity contribution < 1.29 is 29.3 Å². The molecule has 0 saturated carbocycles. The Kier molecular flexibility index (Phi) is 5.72. The molecule has 0 unspecified atom stereocenters. The molecule has 8 nitrogen and oxygen atoms in total. The SMILES string of the molecule is O=C(O)COc1ccc(C(=O)CNC(=O)c2cc3c(s2)CCNC3)cc1O. The van der Waals surface area contributed by atoms with Crippen molar-refractivity contribution >= 4 is 29.0 Å². The molecule has 3 rings (SSSR count). The first kappa shape index (κ1) is 18.9. The molecule has 0 fully saturated rings. The highest BCUT2D eigenvalue weighted by Crippen LogP contribution is 2.27. The molecule has 0 aliphatic carbocycles. The molecular formula is C18H18N2O6S. The number of carbonyl (C=O) groups is 3. The summed E-state index contributed by atoms with van der Waals surface area (Å²) in [5.41, 5.74) is 1.30. The number of thiophene rings is 1. The minimum absolute atomic E-state index is 0.0317. The highest BCUT2D eigenvalue weighted by molar-refractivity contribution is 7.14. The van der Waals surface area contributed by atoms with E-state index < -0.39 is 12.6 Å². The molecule has 1 aliphatic rings. The quantitative estimate of drug-likeness (QED) is 0.523. The number of ether oxygens (including phenoxy) is 1. The van der Waals surface area contributed by atoms with Gasteiger partial charge in [0.05, 0.1) is 11.4 Å². The lowest BCUT2D eigenvalue weighted by atomic mass is 10.1. The van der Waals surface area contributed by atoms with Gasteiger partial charge in [-0.1, -0.05) is 0 Å². The van der Waals surface area contributed by atoms with Crippen LogP contribution in [-0.2, 0) is 17.8 Å². The summed E-state index contributed by atoms with van der Waals surface area (Å²) in [6, 6.07) is 5.74. The van der Waals surface area contributed by atoms with Crippen LogP contribution in [0, 0.1) is 0 Å². The summed E-state index contributed by atoms with van der Waals surface area (Å²) in [5.74, 6) is -2.24. The van der Waals surface area contributed by atoms with E-state index >= 15 is 0 Å². The van der Waals surface area contributed by atoms with Gasteiger partial charge in [-0.3, -0.25) is 9.59 Å². The fraction of sp³-hybridized carbons (Fsp3) is 0.278. The number of carboxylic acids is 1. The summed E-state index contributed by atoms with van der Waals surface area (Å²) in [5, 5.41) is 24.3. The number of hydrogen-bond donors (Lipinski definition) is 4. The first-order chi connectivity index (χ1) is 12.9. The molecule has 142 valence electrons. The highest BCUT2D eigenvalue weighted by atomic mass is 32.1. The van der Waals surface area contributed by atoms with Gasteiger partial charge in [-0.25, -0.2) is 4.79 Å². The predicted octanol–water partition coefficient (Wildman–Crippen LogP) is 1.18. The van der Waals surface area contributed by atoms with Crippen LogP contribution in [0.3, 0.4) is 0 Å². The highest BCUT2D eigenvalue weighted by Gasteiger charge is 2.18. The minimum atomic E-state index is -1.18. The van der Waals surface area contributed by atoms with E-state index in [2.05, 4.69) is 10.6 Å². The Hall–Kier alpha value is -2.91. The second kappa shape index (κ2) is 8.19. The summed E-state index contributed by atoms with van der Waals surface area (Å²) in [6.45, 7) is 0.821. The van der Waals surface area contributed by atoms with Crippen LogP contribution in [0.15, 0.2) is 24.3 Å². The van der Waals surface area contributed by atoms with E-state index in [1.165, 1.54) is 34.4 Å². The van der Waals surface area contributed by atoms with Gasteiger partial charge in [0, 0.05) is 23.5 Å². The van der Waals surface area contributed by atoms with Crippen LogP contribution in [0.4, 0.5) is 0 Å². The van der Waals surface area contributed by atoms with Crippen LogP contribution < -0.4 is 15.4 Å². The van der Waals surface area contributed by atoms with Gasteiger partial charge in [-0.05, 0) is 36.2 Å². The summed E-state index contributed by atoms with van der Waals surface area (Å²) in [4.78, 5) is 36.7. The van der Waals surface area contributed by atoms with Gasteiger partial charge in [-0.2, -0.15) is 0 Å². The number of rotatable bonds is 7. The Labute approximate surface area is 158 Å². The molecular weight excluding hydrogens is 372 g/mol. The molecule has 0 radical (unpaired) electrons. The van der Waals surface area contributed by atoms with Gasteiger partial charge >= 0.3 is 5.97 Å². The van der Waals surface area contributed by atoms with Crippen LogP contribution in [0.5, 0.6) is 11.5 Å². The third-order valence-corrected chi connectivity index (χ3v) is 5.24. The number of carboxylic acid groups (broad SMARTS) is 1. The largest absolute Gasteiger partial charge is 0.504 e. The van der Waals surface area contributed by atoms with Gasteiger partial charge in [0.25, 0.3) is 5.91 Å². The van der Waals surface area contributed by atoms with Crippen molar-refractivity contribution in [1.82, 2.24) is 10.6 Å². The molecule has 0 saturated heterocycles. The molecule has 1 aromatic carbocycles. The van der Waals surface area contributed by atoms with Crippen molar-refractivity contribution in [2.24, 2.45) is 0 Å². The van der Waals surface area contributed by atoms with Crippen molar-refractivity contribution in [3.8, 4) is 11.5 Å². The zero-order chi connectivity index (χ0) is 19.4. The van der Waals surface area contributed by atoms with Crippen LogP contribution in [0.25, 0.3) is 0 Å². The van der Waals surface area contributed by atoms with E-state index in [4.69, 9.17) is 9.84 Å². The lowest BCUT2D eigenvalue weighted by Crippen LogP contribution is -2.29. The van der Waals surface area contributed by atoms with E-state index in [-0.39, 0.29) is 35.3 Å². The Balaban J connectivity index is 1.58. The average molecular weight is 390 g/mol. The van der Waals surface area contributed by atoms with Gasteiger partial charge in [-0.15, -0.1) is 11.3 Å². The first-order valence-corrected chi connectivity index (χ1v) is 9.07. The minimum Gasteiger partial charge on any atom is -0.504 e. The Morgan fingerprint density at radius 1 is 1.26 bits per heavy atom. The number of phenolic OH excluding ortho intramolecular Hbond substituents is 1. The van der Waals surface area contributed by atoms with Crippen molar-refractivity contribution in [2.45, 2.75) is 13.0 Å². The predicted molar refractivity (Wildman–Crippen MR) is 97.6 cm³/mol. The molecule has 1 aliphatic heterocycles. The second-order valence-electron chi connectivity index (χ2n) is 5.96. The summed E-state index contributed by atoms with van der Waals surface area (Å²) < 4.78 is 4.89. The number of hydrogen-bond acceptors (Lipinski definition) is 7. The number of phenols is 1. The maximum atomic E-state index is 12.3. The van der Waals surface area contributed by atoms with E-state index in [1.807, 2.05) is 6.07 Å². The maximum Gasteiger partial charge on any atom is 0.341 e.